The van der Waals surface area contributed by atoms with Crippen molar-refractivity contribution in [3.8, 4) is 5.75 Å². The molecule has 0 atom stereocenters. The van der Waals surface area contributed by atoms with Crippen molar-refractivity contribution in [2.45, 2.75) is 13.1 Å². The molecule has 0 unspecified atom stereocenters. The van der Waals surface area contributed by atoms with Crippen LogP contribution in [0, 0.1) is 0 Å². The largest absolute Gasteiger partial charge is 0.506 e. The molecule has 2 aromatic heterocycles. The minimum absolute atomic E-state index is 0.119. The fraction of sp³-hybridized carbons (Fsp3) is 0.211. The summed E-state index contributed by atoms with van der Waals surface area (Å²) in [7, 11) is 1.42. The van der Waals surface area contributed by atoms with E-state index in [2.05, 4.69) is 15.3 Å². The summed E-state index contributed by atoms with van der Waals surface area (Å²) in [5, 5.41) is 21.4. The molecule has 0 radical (unpaired) electrons. The van der Waals surface area contributed by atoms with Crippen molar-refractivity contribution in [2.24, 2.45) is 7.05 Å². The SMILES string of the molecule is Cn1c(=O)c(C(=O)NCC(=O)O)c(O)c2cnc(N3Cc4ccccc4C3)nc21. The van der Waals surface area contributed by atoms with E-state index in [0.717, 1.165) is 4.57 Å². The van der Waals surface area contributed by atoms with Gasteiger partial charge in [-0.25, -0.2) is 4.98 Å². The Hall–Kier alpha value is -3.95. The van der Waals surface area contributed by atoms with Crippen LogP contribution in [0.2, 0.25) is 0 Å². The number of anilines is 1. The zero-order valence-corrected chi connectivity index (χ0v) is 15.4. The van der Waals surface area contributed by atoms with Crippen molar-refractivity contribution in [3.63, 3.8) is 0 Å². The van der Waals surface area contributed by atoms with Gasteiger partial charge in [-0.2, -0.15) is 4.98 Å². The number of hydrogen-bond acceptors (Lipinski definition) is 7. The van der Waals surface area contributed by atoms with Gasteiger partial charge in [0, 0.05) is 26.3 Å². The topological polar surface area (TPSA) is 138 Å². The first-order chi connectivity index (χ1) is 13.9. The molecule has 0 aliphatic carbocycles. The van der Waals surface area contributed by atoms with Gasteiger partial charge in [0.15, 0.2) is 5.65 Å². The van der Waals surface area contributed by atoms with Crippen LogP contribution in [0.15, 0.2) is 35.3 Å². The van der Waals surface area contributed by atoms with E-state index in [0.29, 0.717) is 19.0 Å². The number of carbonyl (C=O) groups is 2. The van der Waals surface area contributed by atoms with Gasteiger partial charge in [0.05, 0.1) is 5.39 Å². The molecule has 29 heavy (non-hydrogen) atoms. The number of benzene rings is 1. The summed E-state index contributed by atoms with van der Waals surface area (Å²) in [6.45, 7) is 0.568. The van der Waals surface area contributed by atoms with E-state index in [-0.39, 0.29) is 11.0 Å². The van der Waals surface area contributed by atoms with Gasteiger partial charge in [0.1, 0.15) is 17.9 Å². The van der Waals surface area contributed by atoms with Crippen LogP contribution in [0.5, 0.6) is 5.75 Å². The Bertz CT molecular complexity index is 1190. The van der Waals surface area contributed by atoms with Gasteiger partial charge in [0.2, 0.25) is 5.95 Å². The molecule has 4 rings (SSSR count). The minimum Gasteiger partial charge on any atom is -0.506 e. The smallest absolute Gasteiger partial charge is 0.322 e. The summed E-state index contributed by atoms with van der Waals surface area (Å²) in [6, 6.07) is 7.98. The normalized spacial score (nSPS) is 12.8. The number of aromatic hydroxyl groups is 1. The lowest BCUT2D eigenvalue weighted by Gasteiger charge is -2.17. The molecule has 3 aromatic rings. The average Bonchev–Trinajstić information content (AvgIpc) is 3.14. The number of nitrogens with one attached hydrogen (secondary N) is 1. The standard InChI is InChI=1S/C19H17N5O5/c1-23-16-12(15(27)14(18(23)29)17(28)20-7-13(25)26)6-21-19(22-16)24-8-10-4-2-3-5-11(10)9-24/h2-6,27H,7-9H2,1H3,(H,20,28)(H,25,26). The molecule has 3 heterocycles. The second-order valence-electron chi connectivity index (χ2n) is 6.70. The number of aromatic nitrogens is 3. The van der Waals surface area contributed by atoms with Crippen LogP contribution in [0.3, 0.4) is 0 Å². The van der Waals surface area contributed by atoms with Gasteiger partial charge in [-0.05, 0) is 11.1 Å². The van der Waals surface area contributed by atoms with Crippen molar-refractivity contribution in [3.05, 3.63) is 57.5 Å². The highest BCUT2D eigenvalue weighted by atomic mass is 16.4. The molecule has 0 spiro atoms. The third-order valence-electron chi connectivity index (χ3n) is 4.83. The minimum atomic E-state index is -1.27. The highest BCUT2D eigenvalue weighted by Gasteiger charge is 2.25. The van der Waals surface area contributed by atoms with E-state index in [1.807, 2.05) is 29.2 Å². The van der Waals surface area contributed by atoms with E-state index < -0.39 is 35.3 Å². The fourth-order valence-corrected chi connectivity index (χ4v) is 3.36. The number of pyridine rings is 1. The number of amides is 1. The summed E-state index contributed by atoms with van der Waals surface area (Å²) in [5.74, 6) is -2.44. The summed E-state index contributed by atoms with van der Waals surface area (Å²) >= 11 is 0. The van der Waals surface area contributed by atoms with Crippen molar-refractivity contribution in [1.82, 2.24) is 19.9 Å². The predicted molar refractivity (Wildman–Crippen MR) is 103 cm³/mol. The summed E-state index contributed by atoms with van der Waals surface area (Å²) in [6.07, 6.45) is 1.35. The maximum absolute atomic E-state index is 12.6. The van der Waals surface area contributed by atoms with Crippen LogP contribution in [0.4, 0.5) is 5.95 Å². The molecule has 0 saturated carbocycles. The Balaban J connectivity index is 1.74. The molecular weight excluding hydrogens is 378 g/mol. The average molecular weight is 395 g/mol. The Morgan fingerprint density at radius 1 is 1.21 bits per heavy atom. The molecule has 10 nitrogen and oxygen atoms in total. The highest BCUT2D eigenvalue weighted by Crippen LogP contribution is 2.29. The first-order valence-electron chi connectivity index (χ1n) is 8.77. The number of carboxylic acid groups (broad SMARTS) is 1. The second-order valence-corrected chi connectivity index (χ2v) is 6.70. The maximum Gasteiger partial charge on any atom is 0.322 e. The lowest BCUT2D eigenvalue weighted by molar-refractivity contribution is -0.135. The monoisotopic (exact) mass is 395 g/mol. The number of fused-ring (bicyclic) bond motifs is 2. The van der Waals surface area contributed by atoms with Crippen molar-refractivity contribution >= 4 is 28.9 Å². The van der Waals surface area contributed by atoms with Crippen LogP contribution in [0.25, 0.3) is 11.0 Å². The number of hydrogen-bond donors (Lipinski definition) is 3. The zero-order chi connectivity index (χ0) is 20.7. The van der Waals surface area contributed by atoms with Crippen LogP contribution < -0.4 is 15.8 Å². The zero-order valence-electron chi connectivity index (χ0n) is 15.4. The molecule has 1 amide bonds. The molecule has 148 valence electrons. The second kappa shape index (κ2) is 6.89. The molecule has 1 aliphatic heterocycles. The van der Waals surface area contributed by atoms with Gasteiger partial charge >= 0.3 is 5.97 Å². The van der Waals surface area contributed by atoms with E-state index in [1.165, 1.54) is 24.4 Å². The van der Waals surface area contributed by atoms with Gasteiger partial charge in [-0.3, -0.25) is 19.0 Å². The first-order valence-corrected chi connectivity index (χ1v) is 8.77. The number of aryl methyl sites for hydroxylation is 1. The Morgan fingerprint density at radius 3 is 2.48 bits per heavy atom. The van der Waals surface area contributed by atoms with Crippen molar-refractivity contribution in [2.75, 3.05) is 11.4 Å². The molecule has 3 N–H and O–H groups in total. The molecule has 1 aliphatic rings. The fourth-order valence-electron chi connectivity index (χ4n) is 3.36. The van der Waals surface area contributed by atoms with Gasteiger partial charge in [0.25, 0.3) is 11.5 Å². The molecular formula is C19H17N5O5. The number of rotatable bonds is 4. The number of aliphatic carboxylic acids is 1. The third kappa shape index (κ3) is 3.14. The summed E-state index contributed by atoms with van der Waals surface area (Å²) in [5.41, 5.74) is 1.17. The van der Waals surface area contributed by atoms with Crippen molar-refractivity contribution in [1.29, 1.82) is 0 Å². The van der Waals surface area contributed by atoms with E-state index in [4.69, 9.17) is 5.11 Å². The van der Waals surface area contributed by atoms with Gasteiger partial charge in [-0.15, -0.1) is 0 Å². The number of nitrogens with zero attached hydrogens (tertiary/aromatic N) is 4. The van der Waals surface area contributed by atoms with Crippen LogP contribution >= 0.6 is 0 Å². The lowest BCUT2D eigenvalue weighted by atomic mass is 10.1. The lowest BCUT2D eigenvalue weighted by Crippen LogP contribution is -2.35. The van der Waals surface area contributed by atoms with Crippen molar-refractivity contribution < 1.29 is 19.8 Å². The molecule has 0 fully saturated rings. The molecule has 1 aromatic carbocycles. The third-order valence-corrected chi connectivity index (χ3v) is 4.83. The first kappa shape index (κ1) is 18.4. The Kier molecular flexibility index (Phi) is 4.38. The van der Waals surface area contributed by atoms with Crippen LogP contribution in [0.1, 0.15) is 21.5 Å². The van der Waals surface area contributed by atoms with E-state index in [1.54, 1.807) is 0 Å². The number of carboxylic acids is 1. The highest BCUT2D eigenvalue weighted by molar-refractivity contribution is 6.02. The number of carbonyl (C=O) groups excluding carboxylic acids is 1. The summed E-state index contributed by atoms with van der Waals surface area (Å²) < 4.78 is 1.14. The Morgan fingerprint density at radius 2 is 1.86 bits per heavy atom. The van der Waals surface area contributed by atoms with Crippen LogP contribution in [-0.4, -0.2) is 43.2 Å². The predicted octanol–water partition coefficient (Wildman–Crippen LogP) is 0.369. The summed E-state index contributed by atoms with van der Waals surface area (Å²) in [4.78, 5) is 46.1. The quantitative estimate of drug-likeness (QED) is 0.576. The van der Waals surface area contributed by atoms with E-state index >= 15 is 0 Å². The van der Waals surface area contributed by atoms with Crippen LogP contribution in [-0.2, 0) is 24.9 Å². The Labute approximate surface area is 164 Å². The van der Waals surface area contributed by atoms with Gasteiger partial charge in [-0.1, -0.05) is 24.3 Å². The van der Waals surface area contributed by atoms with Gasteiger partial charge < -0.3 is 20.4 Å². The van der Waals surface area contributed by atoms with E-state index in [9.17, 15) is 19.5 Å². The molecule has 0 bridgehead atoms. The maximum atomic E-state index is 12.6. The molecule has 0 saturated heterocycles. The molecule has 10 heteroatoms.